The zero-order valence-electron chi connectivity index (χ0n) is 16.3. The average molecular weight is 411 g/mol. The van der Waals surface area contributed by atoms with E-state index in [0.717, 1.165) is 33.7 Å². The first-order valence-electron chi connectivity index (χ1n) is 9.59. The molecule has 4 nitrogen and oxygen atoms in total. The van der Waals surface area contributed by atoms with Crippen LogP contribution in [0.4, 0.5) is 10.1 Å². The molecule has 1 N–H and O–H groups in total. The maximum Gasteiger partial charge on any atom is 0.225 e. The Labute approximate surface area is 173 Å². The third-order valence-electron chi connectivity index (χ3n) is 4.98. The van der Waals surface area contributed by atoms with Crippen molar-refractivity contribution in [3.8, 4) is 22.6 Å². The van der Waals surface area contributed by atoms with E-state index >= 15 is 0 Å². The largest absolute Gasteiger partial charge is 0.493 e. The first-order valence-corrected chi connectivity index (χ1v) is 10.5. The third kappa shape index (κ3) is 3.72. The number of hydrogen-bond donors (Lipinski definition) is 1. The zero-order chi connectivity index (χ0) is 20.4. The normalized spacial score (nSPS) is 15.6. The Morgan fingerprint density at radius 1 is 1.24 bits per heavy atom. The van der Waals surface area contributed by atoms with Gasteiger partial charge in [-0.05, 0) is 30.2 Å². The molecule has 0 spiro atoms. The number of anilines is 1. The van der Waals surface area contributed by atoms with Gasteiger partial charge in [-0.1, -0.05) is 31.2 Å². The molecule has 0 saturated heterocycles. The van der Waals surface area contributed by atoms with Gasteiger partial charge in [0.05, 0.1) is 19.4 Å². The molecule has 4 rings (SSSR count). The Kier molecular flexibility index (Phi) is 5.53. The fraction of sp³-hybridized carbons (Fsp3) is 0.261. The second-order valence-corrected chi connectivity index (χ2v) is 7.84. The molecule has 29 heavy (non-hydrogen) atoms. The lowest BCUT2D eigenvalue weighted by atomic mass is 9.88. The highest BCUT2D eigenvalue weighted by Crippen LogP contribution is 2.49. The van der Waals surface area contributed by atoms with E-state index in [-0.39, 0.29) is 17.6 Å². The lowest BCUT2D eigenvalue weighted by Crippen LogP contribution is -2.23. The van der Waals surface area contributed by atoms with Crippen LogP contribution in [0.3, 0.4) is 0 Å². The van der Waals surface area contributed by atoms with Crippen molar-refractivity contribution in [2.24, 2.45) is 0 Å². The van der Waals surface area contributed by atoms with Crippen molar-refractivity contribution < 1.29 is 18.7 Å². The Bertz CT molecular complexity index is 1050. The molecule has 150 valence electrons. The molecule has 0 bridgehead atoms. The van der Waals surface area contributed by atoms with Crippen LogP contribution in [0.25, 0.3) is 11.1 Å². The SMILES string of the molecule is CCCOc1c(OC)cccc1[C@H]1CC(=O)Nc2c(-c3cccc(F)c3)csc21. The fourth-order valence-electron chi connectivity index (χ4n) is 3.67. The molecule has 0 aliphatic carbocycles. The summed E-state index contributed by atoms with van der Waals surface area (Å²) in [5, 5.41) is 4.97. The summed E-state index contributed by atoms with van der Waals surface area (Å²) in [5.41, 5.74) is 3.27. The van der Waals surface area contributed by atoms with Crippen LogP contribution >= 0.6 is 11.3 Å². The van der Waals surface area contributed by atoms with Crippen LogP contribution in [0.15, 0.2) is 47.8 Å². The van der Waals surface area contributed by atoms with E-state index in [1.165, 1.54) is 12.1 Å². The van der Waals surface area contributed by atoms with E-state index < -0.39 is 0 Å². The predicted octanol–water partition coefficient (Wildman–Crippen LogP) is 5.83. The molecule has 6 heteroatoms. The Balaban J connectivity index is 1.82. The standard InChI is InChI=1S/C23H22FNO3S/c1-3-10-28-22-16(8-5-9-19(22)27-2)17-12-20(26)25-21-18(13-29-23(17)21)14-6-4-7-15(24)11-14/h4-9,11,13,17H,3,10,12H2,1-2H3,(H,25,26)/t17-/m1/s1. The minimum atomic E-state index is -0.302. The maximum absolute atomic E-state index is 13.7. The summed E-state index contributed by atoms with van der Waals surface area (Å²) in [6.07, 6.45) is 1.20. The van der Waals surface area contributed by atoms with Gasteiger partial charge in [0.1, 0.15) is 5.82 Å². The van der Waals surface area contributed by atoms with Crippen LogP contribution < -0.4 is 14.8 Å². The van der Waals surface area contributed by atoms with Crippen LogP contribution in [0, 0.1) is 5.82 Å². The molecule has 1 aliphatic heterocycles. The summed E-state index contributed by atoms with van der Waals surface area (Å²) in [7, 11) is 1.62. The van der Waals surface area contributed by atoms with Crippen LogP contribution in [0.5, 0.6) is 11.5 Å². The number of halogens is 1. The summed E-state index contributed by atoms with van der Waals surface area (Å²) in [4.78, 5) is 13.6. The minimum Gasteiger partial charge on any atom is -0.493 e. The van der Waals surface area contributed by atoms with Gasteiger partial charge in [0.2, 0.25) is 5.91 Å². The molecular weight excluding hydrogens is 389 g/mol. The van der Waals surface area contributed by atoms with Gasteiger partial charge < -0.3 is 14.8 Å². The van der Waals surface area contributed by atoms with Gasteiger partial charge in [0.25, 0.3) is 0 Å². The van der Waals surface area contributed by atoms with Crippen LogP contribution in [-0.2, 0) is 4.79 Å². The lowest BCUT2D eigenvalue weighted by molar-refractivity contribution is -0.116. The molecule has 0 unspecified atom stereocenters. The summed E-state index contributed by atoms with van der Waals surface area (Å²) >= 11 is 1.57. The van der Waals surface area contributed by atoms with Crippen molar-refractivity contribution in [3.63, 3.8) is 0 Å². The van der Waals surface area contributed by atoms with Crippen molar-refractivity contribution in [2.45, 2.75) is 25.7 Å². The quantitative estimate of drug-likeness (QED) is 0.555. The summed E-state index contributed by atoms with van der Waals surface area (Å²) < 4.78 is 25.3. The summed E-state index contributed by atoms with van der Waals surface area (Å²) in [5.74, 6) is 0.827. The number of hydrogen-bond acceptors (Lipinski definition) is 4. The fourth-order valence-corrected chi connectivity index (χ4v) is 4.83. The number of methoxy groups -OCH3 is 1. The first kappa shape index (κ1) is 19.5. The molecule has 3 aromatic rings. The molecule has 0 fully saturated rings. The molecular formula is C23H22FNO3S. The lowest BCUT2D eigenvalue weighted by Gasteiger charge is -2.26. The van der Waals surface area contributed by atoms with Crippen LogP contribution in [-0.4, -0.2) is 19.6 Å². The van der Waals surface area contributed by atoms with Crippen molar-refractivity contribution >= 4 is 22.9 Å². The molecule has 1 atom stereocenters. The van der Waals surface area contributed by atoms with Crippen LogP contribution in [0.1, 0.15) is 36.1 Å². The number of carbonyl (C=O) groups is 1. The highest BCUT2D eigenvalue weighted by molar-refractivity contribution is 7.11. The number of amides is 1. The van der Waals surface area contributed by atoms with E-state index in [1.54, 1.807) is 24.5 Å². The van der Waals surface area contributed by atoms with Gasteiger partial charge in [-0.2, -0.15) is 0 Å². The maximum atomic E-state index is 13.7. The predicted molar refractivity (Wildman–Crippen MR) is 114 cm³/mol. The Morgan fingerprint density at radius 3 is 2.83 bits per heavy atom. The van der Waals surface area contributed by atoms with Gasteiger partial charge in [-0.25, -0.2) is 4.39 Å². The Hall–Kier alpha value is -2.86. The summed E-state index contributed by atoms with van der Waals surface area (Å²) in [6, 6.07) is 12.2. The smallest absolute Gasteiger partial charge is 0.225 e. The van der Waals surface area contributed by atoms with E-state index in [2.05, 4.69) is 5.32 Å². The van der Waals surface area contributed by atoms with Crippen molar-refractivity contribution in [1.29, 1.82) is 0 Å². The number of para-hydroxylation sites is 1. The topological polar surface area (TPSA) is 47.6 Å². The number of carbonyl (C=O) groups excluding carboxylic acids is 1. The first-order chi connectivity index (χ1) is 14.1. The monoisotopic (exact) mass is 411 g/mol. The molecule has 2 heterocycles. The zero-order valence-corrected chi connectivity index (χ0v) is 17.1. The van der Waals surface area contributed by atoms with Crippen molar-refractivity contribution in [3.05, 3.63) is 64.1 Å². The number of fused-ring (bicyclic) bond motifs is 1. The highest BCUT2D eigenvalue weighted by Gasteiger charge is 2.33. The summed E-state index contributed by atoms with van der Waals surface area (Å²) in [6.45, 7) is 2.61. The Morgan fingerprint density at radius 2 is 2.07 bits per heavy atom. The second-order valence-electron chi connectivity index (χ2n) is 6.93. The van der Waals surface area contributed by atoms with Crippen molar-refractivity contribution in [1.82, 2.24) is 0 Å². The minimum absolute atomic E-state index is 0.0668. The van der Waals surface area contributed by atoms with E-state index in [1.807, 2.05) is 36.6 Å². The van der Waals surface area contributed by atoms with E-state index in [9.17, 15) is 9.18 Å². The van der Waals surface area contributed by atoms with Gasteiger partial charge in [-0.3, -0.25) is 4.79 Å². The highest BCUT2D eigenvalue weighted by atomic mass is 32.1. The van der Waals surface area contributed by atoms with Gasteiger partial charge >= 0.3 is 0 Å². The molecule has 0 saturated carbocycles. The van der Waals surface area contributed by atoms with Crippen molar-refractivity contribution in [2.75, 3.05) is 19.0 Å². The second kappa shape index (κ2) is 8.25. The molecule has 1 amide bonds. The number of thiophene rings is 1. The van der Waals surface area contributed by atoms with Gasteiger partial charge in [0, 0.05) is 33.7 Å². The molecule has 0 radical (unpaired) electrons. The molecule has 1 aromatic heterocycles. The number of ether oxygens (including phenoxy) is 2. The van der Waals surface area contributed by atoms with E-state index in [0.29, 0.717) is 24.5 Å². The average Bonchev–Trinajstić information content (AvgIpc) is 3.15. The molecule has 1 aliphatic rings. The van der Waals surface area contributed by atoms with Gasteiger partial charge in [-0.15, -0.1) is 11.3 Å². The van der Waals surface area contributed by atoms with Crippen LogP contribution in [0.2, 0.25) is 0 Å². The van der Waals surface area contributed by atoms with E-state index in [4.69, 9.17) is 9.47 Å². The number of benzene rings is 2. The number of nitrogens with one attached hydrogen (secondary N) is 1. The third-order valence-corrected chi connectivity index (χ3v) is 6.08. The number of rotatable bonds is 6. The van der Waals surface area contributed by atoms with Gasteiger partial charge in [0.15, 0.2) is 11.5 Å². The molecule has 2 aromatic carbocycles.